The summed E-state index contributed by atoms with van der Waals surface area (Å²) >= 11 is 0. The molecule has 5 heteroatoms. The van der Waals surface area contributed by atoms with Gasteiger partial charge in [-0.1, -0.05) is 33.3 Å². The van der Waals surface area contributed by atoms with Gasteiger partial charge in [-0.2, -0.15) is 13.2 Å². The molecular weight excluding hydrogens is 317 g/mol. The molecule has 2 aliphatic carbocycles. The van der Waals surface area contributed by atoms with Crippen LogP contribution in [0.1, 0.15) is 71.6 Å². The van der Waals surface area contributed by atoms with E-state index in [0.717, 1.165) is 38.5 Å². The molecule has 0 aromatic rings. The van der Waals surface area contributed by atoms with Crippen LogP contribution in [0.3, 0.4) is 0 Å². The van der Waals surface area contributed by atoms with Crippen LogP contribution in [0.25, 0.3) is 0 Å². The van der Waals surface area contributed by atoms with Crippen LogP contribution in [0.2, 0.25) is 0 Å². The first-order valence-electron chi connectivity index (χ1n) is 9.21. The van der Waals surface area contributed by atoms with Crippen molar-refractivity contribution in [2.75, 3.05) is 0 Å². The number of alkyl halides is 3. The van der Waals surface area contributed by atoms with Crippen molar-refractivity contribution >= 4 is 5.97 Å². The fourth-order valence-electron chi connectivity index (χ4n) is 4.57. The van der Waals surface area contributed by atoms with E-state index in [0.29, 0.717) is 24.7 Å². The molecule has 2 nitrogen and oxygen atoms in total. The Balaban J connectivity index is 2.20. The normalized spacial score (nSPS) is 33.1. The molecule has 0 aliphatic heterocycles. The van der Waals surface area contributed by atoms with Gasteiger partial charge in [0.25, 0.3) is 0 Å². The standard InChI is InChI=1S/C19H29F3O2/c1-4-6-8-18(24-17(23)13(3)19(20,21)22)9-7-15-10-14(5-2)11-16(18)12-15/h14-16H,3-12H2,1-2H3. The molecule has 2 fully saturated rings. The van der Waals surface area contributed by atoms with Crippen LogP contribution in [0, 0.1) is 17.8 Å². The number of ether oxygens (including phenoxy) is 1. The average Bonchev–Trinajstić information content (AvgIpc) is 2.54. The molecule has 0 saturated heterocycles. The fraction of sp³-hybridized carbons (Fsp3) is 0.842. The van der Waals surface area contributed by atoms with Gasteiger partial charge in [0.15, 0.2) is 0 Å². The van der Waals surface area contributed by atoms with Crippen molar-refractivity contribution in [3.8, 4) is 0 Å². The molecule has 2 rings (SSSR count). The van der Waals surface area contributed by atoms with Gasteiger partial charge in [-0.05, 0) is 62.7 Å². The Morgan fingerprint density at radius 2 is 1.96 bits per heavy atom. The van der Waals surface area contributed by atoms with Crippen molar-refractivity contribution in [3.63, 3.8) is 0 Å². The number of rotatable bonds is 6. The van der Waals surface area contributed by atoms with Crippen molar-refractivity contribution < 1.29 is 22.7 Å². The van der Waals surface area contributed by atoms with Crippen molar-refractivity contribution in [2.45, 2.75) is 83.4 Å². The van der Waals surface area contributed by atoms with Crippen LogP contribution in [-0.2, 0) is 9.53 Å². The summed E-state index contributed by atoms with van der Waals surface area (Å²) in [4.78, 5) is 12.1. The Morgan fingerprint density at radius 1 is 1.25 bits per heavy atom. The lowest BCUT2D eigenvalue weighted by molar-refractivity contribution is -0.182. The molecule has 4 atom stereocenters. The summed E-state index contributed by atoms with van der Waals surface area (Å²) in [6, 6.07) is 0. The van der Waals surface area contributed by atoms with Crippen LogP contribution in [-0.4, -0.2) is 17.7 Å². The highest BCUT2D eigenvalue weighted by molar-refractivity contribution is 5.89. The van der Waals surface area contributed by atoms with Crippen molar-refractivity contribution in [1.29, 1.82) is 0 Å². The summed E-state index contributed by atoms with van der Waals surface area (Å²) in [5.41, 5.74) is -2.12. The summed E-state index contributed by atoms with van der Waals surface area (Å²) in [5, 5.41) is 0. The zero-order valence-corrected chi connectivity index (χ0v) is 14.8. The maximum absolute atomic E-state index is 12.8. The molecule has 138 valence electrons. The van der Waals surface area contributed by atoms with Gasteiger partial charge in [-0.3, -0.25) is 0 Å². The topological polar surface area (TPSA) is 26.3 Å². The van der Waals surface area contributed by atoms with Crippen LogP contribution in [0.15, 0.2) is 12.2 Å². The lowest BCUT2D eigenvalue weighted by Crippen LogP contribution is -2.50. The predicted octanol–water partition coefficient (Wildman–Crippen LogP) is 5.81. The van der Waals surface area contributed by atoms with E-state index in [1.807, 2.05) is 6.92 Å². The molecule has 0 radical (unpaired) electrons. The van der Waals surface area contributed by atoms with E-state index in [1.165, 1.54) is 6.42 Å². The number of unbranched alkanes of at least 4 members (excludes halogenated alkanes) is 1. The average molecular weight is 346 g/mol. The number of esters is 1. The minimum absolute atomic E-state index is 0.187. The quantitative estimate of drug-likeness (QED) is 0.448. The van der Waals surface area contributed by atoms with Gasteiger partial charge in [0.2, 0.25) is 0 Å². The van der Waals surface area contributed by atoms with Gasteiger partial charge in [-0.25, -0.2) is 4.79 Å². The molecule has 0 heterocycles. The van der Waals surface area contributed by atoms with E-state index in [9.17, 15) is 18.0 Å². The third-order valence-corrected chi connectivity index (χ3v) is 6.04. The molecule has 0 spiro atoms. The minimum Gasteiger partial charge on any atom is -0.455 e. The maximum atomic E-state index is 12.8. The number of hydrogen-bond acceptors (Lipinski definition) is 2. The highest BCUT2D eigenvalue weighted by Gasteiger charge is 2.50. The van der Waals surface area contributed by atoms with Crippen LogP contribution in [0.5, 0.6) is 0 Å². The number of halogens is 3. The zero-order valence-electron chi connectivity index (χ0n) is 14.8. The Bertz CT molecular complexity index is 468. The molecular formula is C19H29F3O2. The second-order valence-electron chi connectivity index (χ2n) is 7.62. The first kappa shape index (κ1) is 19.3. The van der Waals surface area contributed by atoms with Crippen LogP contribution >= 0.6 is 0 Å². The molecule has 2 aliphatic rings. The lowest BCUT2D eigenvalue weighted by Gasteiger charge is -2.51. The number of hydrogen-bond donors (Lipinski definition) is 0. The van der Waals surface area contributed by atoms with Crippen molar-refractivity contribution in [3.05, 3.63) is 12.2 Å². The Hall–Kier alpha value is -1.00. The Labute approximate surface area is 142 Å². The fourth-order valence-corrected chi connectivity index (χ4v) is 4.57. The number of carbonyl (C=O) groups excluding carboxylic acids is 1. The van der Waals surface area contributed by atoms with Gasteiger partial charge in [-0.15, -0.1) is 0 Å². The third kappa shape index (κ3) is 4.15. The van der Waals surface area contributed by atoms with Crippen molar-refractivity contribution in [1.82, 2.24) is 0 Å². The van der Waals surface area contributed by atoms with E-state index in [4.69, 9.17) is 4.74 Å². The summed E-state index contributed by atoms with van der Waals surface area (Å²) in [7, 11) is 0. The first-order valence-corrected chi connectivity index (χ1v) is 9.21. The van der Waals surface area contributed by atoms with Gasteiger partial charge < -0.3 is 4.74 Å². The van der Waals surface area contributed by atoms with Gasteiger partial charge in [0.05, 0.1) is 0 Å². The van der Waals surface area contributed by atoms with Gasteiger partial charge in [0, 0.05) is 0 Å². The number of carbonyl (C=O) groups is 1. The molecule has 4 unspecified atom stereocenters. The molecule has 2 bridgehead atoms. The third-order valence-electron chi connectivity index (χ3n) is 6.04. The zero-order chi connectivity index (χ0) is 18.0. The van der Waals surface area contributed by atoms with E-state index in [-0.39, 0.29) is 5.92 Å². The molecule has 2 saturated carbocycles. The first-order chi connectivity index (χ1) is 11.2. The highest BCUT2D eigenvalue weighted by Crippen LogP contribution is 2.52. The molecule has 0 aromatic heterocycles. The predicted molar refractivity (Wildman–Crippen MR) is 87.4 cm³/mol. The summed E-state index contributed by atoms with van der Waals surface area (Å²) in [5.74, 6) is 0.134. The van der Waals surface area contributed by atoms with E-state index < -0.39 is 23.3 Å². The summed E-state index contributed by atoms with van der Waals surface area (Å²) in [6.07, 6.45) is 3.61. The maximum Gasteiger partial charge on any atom is 0.422 e. The molecule has 0 amide bonds. The SMILES string of the molecule is C=C(C(=O)OC1(CCCC)CCC2CC(CC)CC1C2)C(F)(F)F. The van der Waals surface area contributed by atoms with Crippen LogP contribution < -0.4 is 0 Å². The van der Waals surface area contributed by atoms with Gasteiger partial charge in [0.1, 0.15) is 11.2 Å². The van der Waals surface area contributed by atoms with E-state index in [2.05, 4.69) is 13.5 Å². The van der Waals surface area contributed by atoms with Crippen molar-refractivity contribution in [2.24, 2.45) is 17.8 Å². The Kier molecular flexibility index (Phi) is 6.03. The van der Waals surface area contributed by atoms with Crippen LogP contribution in [0.4, 0.5) is 13.2 Å². The number of fused-ring (bicyclic) bond motifs is 2. The molecule has 0 aromatic carbocycles. The smallest absolute Gasteiger partial charge is 0.422 e. The molecule has 0 N–H and O–H groups in total. The van der Waals surface area contributed by atoms with E-state index >= 15 is 0 Å². The van der Waals surface area contributed by atoms with Gasteiger partial charge >= 0.3 is 12.1 Å². The summed E-state index contributed by atoms with van der Waals surface area (Å²) < 4.78 is 44.0. The second kappa shape index (κ2) is 7.49. The molecule has 24 heavy (non-hydrogen) atoms. The summed E-state index contributed by atoms with van der Waals surface area (Å²) in [6.45, 7) is 7.12. The minimum atomic E-state index is -4.72. The highest BCUT2D eigenvalue weighted by atomic mass is 19.4. The monoisotopic (exact) mass is 346 g/mol. The Morgan fingerprint density at radius 3 is 2.54 bits per heavy atom. The second-order valence-corrected chi connectivity index (χ2v) is 7.62. The lowest BCUT2D eigenvalue weighted by atomic mass is 9.60. The van der Waals surface area contributed by atoms with E-state index in [1.54, 1.807) is 0 Å². The largest absolute Gasteiger partial charge is 0.455 e.